The summed E-state index contributed by atoms with van der Waals surface area (Å²) in [7, 11) is 3.21. The Kier molecular flexibility index (Phi) is 5.61. The Morgan fingerprint density at radius 1 is 1.08 bits per heavy atom. The molecule has 1 fully saturated rings. The molecule has 0 atom stereocenters. The van der Waals surface area contributed by atoms with Crippen LogP contribution in [0.2, 0.25) is 0 Å². The van der Waals surface area contributed by atoms with Crippen LogP contribution in [-0.2, 0) is 0 Å². The van der Waals surface area contributed by atoms with E-state index in [1.807, 2.05) is 29.2 Å². The highest BCUT2D eigenvalue weighted by Gasteiger charge is 2.22. The van der Waals surface area contributed by atoms with Gasteiger partial charge in [0.05, 0.1) is 26.1 Å². The summed E-state index contributed by atoms with van der Waals surface area (Å²) in [5.41, 5.74) is 2.15. The largest absolute Gasteiger partial charge is 0.493 e. The maximum atomic E-state index is 12.5. The fourth-order valence-electron chi connectivity index (χ4n) is 3.05. The molecular formula is C20H25N3O3. The number of piperidine rings is 1. The molecule has 0 bridgehead atoms. The number of amides is 1. The first-order valence-corrected chi connectivity index (χ1v) is 8.85. The Morgan fingerprint density at radius 2 is 1.77 bits per heavy atom. The van der Waals surface area contributed by atoms with Gasteiger partial charge in [-0.05, 0) is 43.0 Å². The number of rotatable bonds is 5. The second kappa shape index (κ2) is 8.08. The standard InChI is InChI=1S/C20H25N3O3/c1-14-8-10-23(11-9-14)20(24)17-6-4-16(13-21-17)22-15-5-7-18(25-2)19(12-15)26-3/h4-7,12-14,22H,8-11H2,1-3H3. The van der Waals surface area contributed by atoms with Gasteiger partial charge in [0.1, 0.15) is 5.69 Å². The lowest BCUT2D eigenvalue weighted by Gasteiger charge is -2.30. The van der Waals surface area contributed by atoms with Crippen LogP contribution >= 0.6 is 0 Å². The van der Waals surface area contributed by atoms with Gasteiger partial charge in [-0.15, -0.1) is 0 Å². The van der Waals surface area contributed by atoms with E-state index in [2.05, 4.69) is 17.2 Å². The van der Waals surface area contributed by atoms with E-state index in [0.717, 1.165) is 37.3 Å². The highest BCUT2D eigenvalue weighted by Crippen LogP contribution is 2.31. The van der Waals surface area contributed by atoms with Crippen molar-refractivity contribution in [2.24, 2.45) is 5.92 Å². The summed E-state index contributed by atoms with van der Waals surface area (Å²) in [6.07, 6.45) is 3.80. The molecular weight excluding hydrogens is 330 g/mol. The molecule has 2 heterocycles. The van der Waals surface area contributed by atoms with E-state index in [9.17, 15) is 4.79 Å². The normalized spacial score (nSPS) is 14.8. The third kappa shape index (κ3) is 4.07. The number of carbonyl (C=O) groups excluding carboxylic acids is 1. The van der Waals surface area contributed by atoms with Crippen LogP contribution in [0.5, 0.6) is 11.5 Å². The minimum Gasteiger partial charge on any atom is -0.493 e. The van der Waals surface area contributed by atoms with E-state index in [1.54, 1.807) is 26.5 Å². The predicted octanol–water partition coefficient (Wildman–Crippen LogP) is 3.71. The molecule has 1 aromatic heterocycles. The molecule has 1 aromatic carbocycles. The minimum absolute atomic E-state index is 0.00886. The van der Waals surface area contributed by atoms with Crippen LogP contribution in [0.1, 0.15) is 30.3 Å². The lowest BCUT2D eigenvalue weighted by Crippen LogP contribution is -2.38. The van der Waals surface area contributed by atoms with Crippen molar-refractivity contribution in [2.45, 2.75) is 19.8 Å². The second-order valence-electron chi connectivity index (χ2n) is 6.60. The average Bonchev–Trinajstić information content (AvgIpc) is 2.68. The van der Waals surface area contributed by atoms with Crippen LogP contribution < -0.4 is 14.8 Å². The van der Waals surface area contributed by atoms with Gasteiger partial charge in [-0.2, -0.15) is 0 Å². The maximum absolute atomic E-state index is 12.5. The average molecular weight is 355 g/mol. The van der Waals surface area contributed by atoms with Gasteiger partial charge in [-0.3, -0.25) is 4.79 Å². The zero-order chi connectivity index (χ0) is 18.5. The second-order valence-corrected chi connectivity index (χ2v) is 6.60. The highest BCUT2D eigenvalue weighted by molar-refractivity contribution is 5.92. The molecule has 138 valence electrons. The van der Waals surface area contributed by atoms with Gasteiger partial charge in [0.25, 0.3) is 5.91 Å². The van der Waals surface area contributed by atoms with E-state index in [0.29, 0.717) is 23.1 Å². The minimum atomic E-state index is 0.00886. The first-order valence-electron chi connectivity index (χ1n) is 8.85. The lowest BCUT2D eigenvalue weighted by molar-refractivity contribution is 0.0691. The number of nitrogens with one attached hydrogen (secondary N) is 1. The van der Waals surface area contributed by atoms with Crippen molar-refractivity contribution in [1.82, 2.24) is 9.88 Å². The first-order chi connectivity index (χ1) is 12.6. The Labute approximate surface area is 154 Å². The van der Waals surface area contributed by atoms with Crippen molar-refractivity contribution >= 4 is 17.3 Å². The molecule has 0 unspecified atom stereocenters. The number of pyridine rings is 1. The molecule has 1 saturated heterocycles. The zero-order valence-electron chi connectivity index (χ0n) is 15.5. The third-order valence-electron chi connectivity index (χ3n) is 4.73. The van der Waals surface area contributed by atoms with Crippen LogP contribution in [0, 0.1) is 5.92 Å². The SMILES string of the molecule is COc1ccc(Nc2ccc(C(=O)N3CCC(C)CC3)nc2)cc1OC. The maximum Gasteiger partial charge on any atom is 0.272 e. The number of carbonyl (C=O) groups is 1. The van der Waals surface area contributed by atoms with Gasteiger partial charge < -0.3 is 19.7 Å². The van der Waals surface area contributed by atoms with Gasteiger partial charge in [-0.1, -0.05) is 6.92 Å². The molecule has 1 aliphatic heterocycles. The Bertz CT molecular complexity index is 753. The summed E-state index contributed by atoms with van der Waals surface area (Å²) in [4.78, 5) is 18.8. The number of methoxy groups -OCH3 is 2. The van der Waals surface area contributed by atoms with Crippen LogP contribution in [-0.4, -0.2) is 43.1 Å². The number of hydrogen-bond acceptors (Lipinski definition) is 5. The molecule has 1 amide bonds. The summed E-state index contributed by atoms with van der Waals surface area (Å²) < 4.78 is 10.5. The fraction of sp³-hybridized carbons (Fsp3) is 0.400. The summed E-state index contributed by atoms with van der Waals surface area (Å²) in [6, 6.07) is 9.22. The van der Waals surface area contributed by atoms with Gasteiger partial charge in [0, 0.05) is 24.8 Å². The van der Waals surface area contributed by atoms with Crippen molar-refractivity contribution in [3.63, 3.8) is 0 Å². The first kappa shape index (κ1) is 18.0. The highest BCUT2D eigenvalue weighted by atomic mass is 16.5. The number of ether oxygens (including phenoxy) is 2. The number of benzene rings is 1. The van der Waals surface area contributed by atoms with Crippen molar-refractivity contribution in [3.05, 3.63) is 42.2 Å². The van der Waals surface area contributed by atoms with Gasteiger partial charge >= 0.3 is 0 Å². The van der Waals surface area contributed by atoms with Crippen molar-refractivity contribution in [3.8, 4) is 11.5 Å². The Morgan fingerprint density at radius 3 is 2.38 bits per heavy atom. The number of aromatic nitrogens is 1. The van der Waals surface area contributed by atoms with E-state index in [-0.39, 0.29) is 5.91 Å². The van der Waals surface area contributed by atoms with E-state index >= 15 is 0 Å². The van der Waals surface area contributed by atoms with Crippen molar-refractivity contribution in [2.75, 3.05) is 32.6 Å². The number of likely N-dealkylation sites (tertiary alicyclic amines) is 1. The number of hydrogen-bond donors (Lipinski definition) is 1. The van der Waals surface area contributed by atoms with Crippen molar-refractivity contribution in [1.29, 1.82) is 0 Å². The quantitative estimate of drug-likeness (QED) is 0.886. The summed E-state index contributed by atoms with van der Waals surface area (Å²) in [5, 5.41) is 3.26. The molecule has 0 spiro atoms. The zero-order valence-corrected chi connectivity index (χ0v) is 15.5. The van der Waals surface area contributed by atoms with Crippen LogP contribution in [0.25, 0.3) is 0 Å². The van der Waals surface area contributed by atoms with Crippen LogP contribution in [0.3, 0.4) is 0 Å². The monoisotopic (exact) mass is 355 g/mol. The Balaban J connectivity index is 1.67. The Hall–Kier alpha value is -2.76. The lowest BCUT2D eigenvalue weighted by atomic mass is 9.99. The van der Waals surface area contributed by atoms with E-state index < -0.39 is 0 Å². The molecule has 1 N–H and O–H groups in total. The summed E-state index contributed by atoms with van der Waals surface area (Å²) in [5.74, 6) is 2.03. The fourth-order valence-corrected chi connectivity index (χ4v) is 3.05. The molecule has 0 aliphatic carbocycles. The predicted molar refractivity (Wildman–Crippen MR) is 101 cm³/mol. The van der Waals surface area contributed by atoms with Gasteiger partial charge in [0.2, 0.25) is 0 Å². The summed E-state index contributed by atoms with van der Waals surface area (Å²) in [6.45, 7) is 3.86. The molecule has 6 heteroatoms. The van der Waals surface area contributed by atoms with Crippen molar-refractivity contribution < 1.29 is 14.3 Å². The van der Waals surface area contributed by atoms with Crippen LogP contribution in [0.15, 0.2) is 36.5 Å². The van der Waals surface area contributed by atoms with Gasteiger partial charge in [-0.25, -0.2) is 4.98 Å². The van der Waals surface area contributed by atoms with E-state index in [1.165, 1.54) is 0 Å². The number of anilines is 2. The summed E-state index contributed by atoms with van der Waals surface area (Å²) >= 11 is 0. The topological polar surface area (TPSA) is 63.7 Å². The molecule has 3 rings (SSSR count). The molecule has 1 aliphatic rings. The third-order valence-corrected chi connectivity index (χ3v) is 4.73. The molecule has 0 saturated carbocycles. The molecule has 0 radical (unpaired) electrons. The smallest absolute Gasteiger partial charge is 0.272 e. The van der Waals surface area contributed by atoms with Crippen LogP contribution in [0.4, 0.5) is 11.4 Å². The van der Waals surface area contributed by atoms with Gasteiger partial charge in [0.15, 0.2) is 11.5 Å². The molecule has 26 heavy (non-hydrogen) atoms. The van der Waals surface area contributed by atoms with E-state index in [4.69, 9.17) is 9.47 Å². The number of nitrogens with zero attached hydrogens (tertiary/aromatic N) is 2. The molecule has 6 nitrogen and oxygen atoms in total. The molecule has 2 aromatic rings.